The Morgan fingerprint density at radius 1 is 0.732 bits per heavy atom. The molecule has 7 aromatic carbocycles. The molecule has 0 aliphatic rings. The number of rotatable bonds is 6. The van der Waals surface area contributed by atoms with Gasteiger partial charge in [0.25, 0.3) is 6.33 Å². The molecule has 270 valence electrons. The van der Waals surface area contributed by atoms with Crippen LogP contribution >= 0.6 is 0 Å². The van der Waals surface area contributed by atoms with Gasteiger partial charge in [0, 0.05) is 29.4 Å². The third-order valence-corrected chi connectivity index (χ3v) is 9.65. The Hall–Kier alpha value is -6.29. The van der Waals surface area contributed by atoms with Crippen molar-refractivity contribution >= 4 is 38.4 Å². The SMILES string of the molecule is [2H]c1c([2H])c([2H])c(-c2cccc(-c3c([2H])c([2H])c([2H])c([2H])c3[2H])c2-[n+]2[c-]n3c(cnc4ccc(Oc5[c-]c6c(cc5)c5ccccc5n6-c5[c-]ccc(C(C)(C)C)c5)[c-]c43)c2)c([2H])c1[2H].[Pt+4]. The minimum atomic E-state index is -0.573. The van der Waals surface area contributed by atoms with Gasteiger partial charge in [0.15, 0.2) is 0 Å². The number of hydrogen-bond acceptors (Lipinski definition) is 2. The second-order valence-corrected chi connectivity index (χ2v) is 14.1. The Labute approximate surface area is 354 Å². The number of nitrogens with zero attached hydrogens (tertiary/aromatic N) is 4. The molecule has 5 nitrogen and oxygen atoms in total. The van der Waals surface area contributed by atoms with Crippen molar-refractivity contribution in [3.8, 4) is 45.1 Å². The van der Waals surface area contributed by atoms with Gasteiger partial charge in [0.1, 0.15) is 0 Å². The van der Waals surface area contributed by atoms with Gasteiger partial charge in [-0.2, -0.15) is 29.8 Å². The number of imidazole rings is 1. The first-order chi connectivity index (χ1) is 31.0. The number of benzene rings is 7. The van der Waals surface area contributed by atoms with Crippen molar-refractivity contribution in [2.75, 3.05) is 0 Å². The van der Waals surface area contributed by atoms with Crippen molar-refractivity contribution in [1.82, 2.24) is 14.0 Å². The second-order valence-electron chi connectivity index (χ2n) is 14.1. The van der Waals surface area contributed by atoms with Crippen LogP contribution in [0.5, 0.6) is 11.5 Å². The summed E-state index contributed by atoms with van der Waals surface area (Å²) in [4.78, 5) is 4.67. The van der Waals surface area contributed by atoms with Gasteiger partial charge in [-0.25, -0.2) is 0 Å². The zero-order valence-electron chi connectivity index (χ0n) is 40.3. The maximum Gasteiger partial charge on any atom is 4.00 e. The first kappa shape index (κ1) is 25.7. The molecule has 0 amide bonds. The smallest absolute Gasteiger partial charge is 0.510 e. The predicted molar refractivity (Wildman–Crippen MR) is 220 cm³/mol. The van der Waals surface area contributed by atoms with E-state index in [9.17, 15) is 0 Å². The van der Waals surface area contributed by atoms with E-state index < -0.39 is 60.4 Å². The summed E-state index contributed by atoms with van der Waals surface area (Å²) in [5, 5.41) is 2.05. The van der Waals surface area contributed by atoms with Crippen molar-refractivity contribution in [2.24, 2.45) is 0 Å². The van der Waals surface area contributed by atoms with Crippen LogP contribution in [0.1, 0.15) is 40.0 Å². The van der Waals surface area contributed by atoms with Crippen LogP contribution < -0.4 is 9.30 Å². The molecule has 0 saturated carbocycles. The van der Waals surface area contributed by atoms with Crippen molar-refractivity contribution in [2.45, 2.75) is 26.2 Å². The molecule has 3 heterocycles. The van der Waals surface area contributed by atoms with E-state index in [-0.39, 0.29) is 54.4 Å². The monoisotopic (exact) mass is 912 g/mol. The molecule has 0 saturated heterocycles. The maximum absolute atomic E-state index is 8.89. The van der Waals surface area contributed by atoms with Gasteiger partial charge in [0.2, 0.25) is 0 Å². The van der Waals surface area contributed by atoms with Gasteiger partial charge in [-0.3, -0.25) is 4.57 Å². The van der Waals surface area contributed by atoms with E-state index in [1.807, 2.05) is 30.3 Å². The van der Waals surface area contributed by atoms with Crippen LogP contribution in [0.3, 0.4) is 0 Å². The average Bonchev–Trinajstić information content (AvgIpc) is 3.88. The molecule has 0 unspecified atom stereocenters. The molecule has 0 radical (unpaired) electrons. The van der Waals surface area contributed by atoms with E-state index in [1.165, 1.54) is 10.1 Å². The normalized spacial score (nSPS) is 14.2. The summed E-state index contributed by atoms with van der Waals surface area (Å²) in [6, 6.07) is 31.4. The van der Waals surface area contributed by atoms with Crippen molar-refractivity contribution < 1.29 is 44.1 Å². The summed E-state index contributed by atoms with van der Waals surface area (Å²) < 4.78 is 97.7. The summed E-state index contributed by atoms with van der Waals surface area (Å²) >= 11 is 0. The van der Waals surface area contributed by atoms with Gasteiger partial charge in [0.05, 0.1) is 24.9 Å². The van der Waals surface area contributed by atoms with Gasteiger partial charge in [-0.05, 0) is 50.2 Å². The zero-order chi connectivity index (χ0) is 45.8. The first-order valence-corrected chi connectivity index (χ1v) is 17.6. The molecule has 0 aliphatic heterocycles. The Kier molecular flexibility index (Phi) is 6.47. The number of aromatic nitrogens is 4. The summed E-state index contributed by atoms with van der Waals surface area (Å²) in [7, 11) is 0. The van der Waals surface area contributed by atoms with Crippen LogP contribution in [0.2, 0.25) is 0 Å². The third-order valence-electron chi connectivity index (χ3n) is 9.65. The topological polar surface area (TPSA) is 35.3 Å². The average molecular weight is 913 g/mol. The standard InChI is InChI=1S/C50H35N4O.Pt/c1-50(2,3)36-18-12-19-37(28-36)54-46-23-11-10-20-43(46)44-26-24-39(29-47(44)54)55-40-25-27-45-48(30-40)53-33-52(32-38(53)31-51-45)49-41(34-14-6-4-7-15-34)21-13-22-42(49)35-16-8-5-9-17-35;/h4-18,20-28,31-32H,1-3H3;/q-3;+4/i4D,5D,6D,7D,8D,9D,14D,15D,16D,17D;. The van der Waals surface area contributed by atoms with E-state index in [0.29, 0.717) is 28.0 Å². The number of fused-ring (bicyclic) bond motifs is 6. The second kappa shape index (κ2) is 14.1. The predicted octanol–water partition coefficient (Wildman–Crippen LogP) is 11.5. The van der Waals surface area contributed by atoms with Crippen molar-refractivity contribution in [3.05, 3.63) is 188 Å². The molecule has 6 heteroatoms. The van der Waals surface area contributed by atoms with E-state index in [1.54, 1.807) is 47.1 Å². The molecule has 0 spiro atoms. The quantitative estimate of drug-likeness (QED) is 0.123. The molecule has 3 aromatic heterocycles. The van der Waals surface area contributed by atoms with Gasteiger partial charge in [-0.15, -0.1) is 41.8 Å². The molecular weight excluding hydrogens is 868 g/mol. The van der Waals surface area contributed by atoms with Gasteiger partial charge in [-0.1, -0.05) is 129 Å². The van der Waals surface area contributed by atoms with Crippen LogP contribution in [0, 0.1) is 24.5 Å². The fourth-order valence-corrected chi connectivity index (χ4v) is 7.02. The fourth-order valence-electron chi connectivity index (χ4n) is 7.02. The van der Waals surface area contributed by atoms with Gasteiger partial charge < -0.3 is 18.7 Å². The Balaban J connectivity index is 0.00000548. The number of ether oxygens (including phenoxy) is 1. The maximum atomic E-state index is 8.89. The molecule has 0 N–H and O–H groups in total. The molecule has 0 aliphatic carbocycles. The largest absolute Gasteiger partial charge is 4.00 e. The number of hydrogen-bond donors (Lipinski definition) is 0. The summed E-state index contributed by atoms with van der Waals surface area (Å²) in [5.41, 5.74) is 5.40. The minimum absolute atomic E-state index is 0. The number of para-hydroxylation sites is 2. The Morgan fingerprint density at radius 3 is 2.12 bits per heavy atom. The van der Waals surface area contributed by atoms with Crippen LogP contribution in [0.25, 0.3) is 72.0 Å². The summed E-state index contributed by atoms with van der Waals surface area (Å²) in [6.45, 7) is 6.53. The van der Waals surface area contributed by atoms with Crippen molar-refractivity contribution in [1.29, 1.82) is 0 Å². The summed E-state index contributed by atoms with van der Waals surface area (Å²) in [6.07, 6.45) is 6.54. The van der Waals surface area contributed by atoms with Crippen LogP contribution in [-0.4, -0.2) is 14.0 Å². The molecule has 0 fully saturated rings. The molecule has 56 heavy (non-hydrogen) atoms. The fraction of sp³-hybridized carbons (Fsp3) is 0.0800. The minimum Gasteiger partial charge on any atom is -0.510 e. The van der Waals surface area contributed by atoms with E-state index in [2.05, 4.69) is 79.1 Å². The molecule has 0 bridgehead atoms. The Bertz CT molecular complexity index is 3510. The van der Waals surface area contributed by atoms with E-state index >= 15 is 0 Å². The van der Waals surface area contributed by atoms with Crippen LogP contribution in [0.4, 0.5) is 0 Å². The molecule has 10 rings (SSSR count). The zero-order valence-corrected chi connectivity index (χ0v) is 32.5. The first-order valence-electron chi connectivity index (χ1n) is 22.6. The molecular formula is C50H35N4OPt+. The van der Waals surface area contributed by atoms with Crippen LogP contribution in [0.15, 0.2) is 158 Å². The van der Waals surface area contributed by atoms with Gasteiger partial charge >= 0.3 is 21.1 Å². The third kappa shape index (κ3) is 6.19. The van der Waals surface area contributed by atoms with E-state index in [0.717, 1.165) is 27.5 Å². The molecule has 0 atom stereocenters. The van der Waals surface area contributed by atoms with Crippen LogP contribution in [-0.2, 0) is 26.5 Å². The molecule has 10 aromatic rings. The van der Waals surface area contributed by atoms with Crippen molar-refractivity contribution in [3.63, 3.8) is 0 Å². The van der Waals surface area contributed by atoms with E-state index in [4.69, 9.17) is 18.4 Å². The Morgan fingerprint density at radius 2 is 1.41 bits per heavy atom. The summed E-state index contributed by atoms with van der Waals surface area (Å²) in [5.74, 6) is 0.783.